The predicted octanol–water partition coefficient (Wildman–Crippen LogP) is 3.16. The van der Waals surface area contributed by atoms with Crippen LogP contribution in [-0.4, -0.2) is 43.5 Å². The largest absolute Gasteiger partial charge is 0.469 e. The van der Waals surface area contributed by atoms with Gasteiger partial charge in [-0.05, 0) is 29.5 Å². The van der Waals surface area contributed by atoms with Crippen molar-refractivity contribution in [2.75, 3.05) is 26.7 Å². The Bertz CT molecular complexity index is 573. The minimum Gasteiger partial charge on any atom is -0.469 e. The molecule has 0 bridgehead atoms. The zero-order valence-corrected chi connectivity index (χ0v) is 16.4. The molecule has 26 heavy (non-hydrogen) atoms. The van der Waals surface area contributed by atoms with Gasteiger partial charge in [-0.15, -0.1) is 0 Å². The zero-order valence-electron chi connectivity index (χ0n) is 16.4. The number of ether oxygens (including phenoxy) is 1. The Morgan fingerprint density at radius 2 is 1.77 bits per heavy atom. The van der Waals surface area contributed by atoms with E-state index in [2.05, 4.69) is 23.9 Å². The second-order valence-corrected chi connectivity index (χ2v) is 7.30. The lowest BCUT2D eigenvalue weighted by Crippen LogP contribution is -2.42. The van der Waals surface area contributed by atoms with Crippen LogP contribution in [0.3, 0.4) is 0 Å². The molecule has 6 heteroatoms. The van der Waals surface area contributed by atoms with E-state index in [1.807, 2.05) is 18.7 Å². The molecule has 1 N–H and O–H groups in total. The maximum absolute atomic E-state index is 13.2. The number of hydrogen-bond acceptors (Lipinski definition) is 4. The van der Waals surface area contributed by atoms with Gasteiger partial charge in [-0.1, -0.05) is 39.8 Å². The summed E-state index contributed by atoms with van der Waals surface area (Å²) < 4.78 is 17.8. The number of amides is 1. The van der Waals surface area contributed by atoms with E-state index in [9.17, 15) is 14.0 Å². The molecular formula is C20H31FN2O3. The summed E-state index contributed by atoms with van der Waals surface area (Å²) in [4.78, 5) is 25.9. The fraction of sp³-hybridized carbons (Fsp3) is 0.600. The minimum absolute atomic E-state index is 0.112. The molecule has 0 saturated heterocycles. The Labute approximate surface area is 155 Å². The van der Waals surface area contributed by atoms with Crippen LogP contribution in [0, 0.1) is 17.7 Å². The first kappa shape index (κ1) is 22.1. The van der Waals surface area contributed by atoms with Crippen molar-refractivity contribution < 1.29 is 18.7 Å². The molecule has 0 aliphatic heterocycles. The number of nitrogens with one attached hydrogen (secondary N) is 1. The molecule has 0 saturated carbocycles. The van der Waals surface area contributed by atoms with Gasteiger partial charge in [0, 0.05) is 13.1 Å². The van der Waals surface area contributed by atoms with Gasteiger partial charge >= 0.3 is 5.97 Å². The SMILES string of the molecule is COC(=O)CCN(CC(=O)NC(c1ccc(F)cc1)C(C)C)CC(C)C. The first-order valence-electron chi connectivity index (χ1n) is 9.07. The van der Waals surface area contributed by atoms with Crippen LogP contribution >= 0.6 is 0 Å². The number of esters is 1. The van der Waals surface area contributed by atoms with Crippen LogP contribution in [0.4, 0.5) is 4.39 Å². The highest BCUT2D eigenvalue weighted by Crippen LogP contribution is 2.21. The van der Waals surface area contributed by atoms with Crippen molar-refractivity contribution in [1.82, 2.24) is 10.2 Å². The van der Waals surface area contributed by atoms with Crippen molar-refractivity contribution in [3.05, 3.63) is 35.6 Å². The van der Waals surface area contributed by atoms with Crippen molar-refractivity contribution in [1.29, 1.82) is 0 Å². The average Bonchev–Trinajstić information content (AvgIpc) is 2.57. The smallest absolute Gasteiger partial charge is 0.306 e. The van der Waals surface area contributed by atoms with Crippen molar-refractivity contribution in [3.8, 4) is 0 Å². The number of carbonyl (C=O) groups excluding carboxylic acids is 2. The van der Waals surface area contributed by atoms with Gasteiger partial charge in [0.15, 0.2) is 0 Å². The van der Waals surface area contributed by atoms with Crippen molar-refractivity contribution in [2.24, 2.45) is 11.8 Å². The molecule has 5 nitrogen and oxygen atoms in total. The predicted molar refractivity (Wildman–Crippen MR) is 100 cm³/mol. The number of carbonyl (C=O) groups is 2. The third-order valence-electron chi connectivity index (χ3n) is 4.06. The molecule has 1 atom stereocenters. The summed E-state index contributed by atoms with van der Waals surface area (Å²) in [6.45, 7) is 9.56. The Morgan fingerprint density at radius 1 is 1.15 bits per heavy atom. The molecule has 0 aliphatic rings. The van der Waals surface area contributed by atoms with E-state index in [0.29, 0.717) is 19.0 Å². The maximum atomic E-state index is 13.2. The highest BCUT2D eigenvalue weighted by molar-refractivity contribution is 5.78. The first-order chi connectivity index (χ1) is 12.2. The summed E-state index contributed by atoms with van der Waals surface area (Å²) in [5.41, 5.74) is 0.875. The van der Waals surface area contributed by atoms with E-state index in [-0.39, 0.29) is 42.6 Å². The summed E-state index contributed by atoms with van der Waals surface area (Å²) in [6.07, 6.45) is 0.252. The van der Waals surface area contributed by atoms with Crippen LogP contribution in [0.25, 0.3) is 0 Å². The molecule has 1 aromatic rings. The first-order valence-corrected chi connectivity index (χ1v) is 9.07. The number of methoxy groups -OCH3 is 1. The fourth-order valence-electron chi connectivity index (χ4n) is 2.83. The van der Waals surface area contributed by atoms with E-state index in [0.717, 1.165) is 5.56 Å². The van der Waals surface area contributed by atoms with Gasteiger partial charge in [0.2, 0.25) is 5.91 Å². The van der Waals surface area contributed by atoms with Gasteiger partial charge in [-0.25, -0.2) is 4.39 Å². The zero-order chi connectivity index (χ0) is 19.7. The highest BCUT2D eigenvalue weighted by atomic mass is 19.1. The number of benzene rings is 1. The monoisotopic (exact) mass is 366 g/mol. The topological polar surface area (TPSA) is 58.6 Å². The summed E-state index contributed by atoms with van der Waals surface area (Å²) >= 11 is 0. The quantitative estimate of drug-likeness (QED) is 0.646. The molecule has 1 rings (SSSR count). The second kappa shape index (κ2) is 10.9. The van der Waals surface area contributed by atoms with E-state index in [1.54, 1.807) is 12.1 Å². The lowest BCUT2D eigenvalue weighted by Gasteiger charge is -2.27. The number of rotatable bonds is 10. The molecule has 0 spiro atoms. The molecule has 0 radical (unpaired) electrons. The van der Waals surface area contributed by atoms with Crippen molar-refractivity contribution >= 4 is 11.9 Å². The second-order valence-electron chi connectivity index (χ2n) is 7.30. The summed E-state index contributed by atoms with van der Waals surface area (Å²) in [5, 5.41) is 3.04. The normalized spacial score (nSPS) is 12.5. The Balaban J connectivity index is 2.73. The van der Waals surface area contributed by atoms with Crippen molar-refractivity contribution in [3.63, 3.8) is 0 Å². The van der Waals surface area contributed by atoms with Gasteiger partial charge < -0.3 is 10.1 Å². The maximum Gasteiger partial charge on any atom is 0.306 e. The van der Waals surface area contributed by atoms with Crippen molar-refractivity contribution in [2.45, 2.75) is 40.2 Å². The standard InChI is InChI=1S/C20H31FN2O3/c1-14(2)12-23(11-10-19(25)26-5)13-18(24)22-20(15(3)4)16-6-8-17(21)9-7-16/h6-9,14-15,20H,10-13H2,1-5H3,(H,22,24). The van der Waals surface area contributed by atoms with E-state index >= 15 is 0 Å². The molecule has 0 aromatic heterocycles. The number of hydrogen-bond donors (Lipinski definition) is 1. The molecule has 0 heterocycles. The number of nitrogens with zero attached hydrogens (tertiary/aromatic N) is 1. The summed E-state index contributed by atoms with van der Waals surface area (Å²) in [5.74, 6) is -0.158. The fourth-order valence-corrected chi connectivity index (χ4v) is 2.83. The molecule has 1 unspecified atom stereocenters. The Kier molecular flexibility index (Phi) is 9.27. The third kappa shape index (κ3) is 7.95. The van der Waals surface area contributed by atoms with Gasteiger partial charge in [-0.2, -0.15) is 0 Å². The van der Waals surface area contributed by atoms with Crippen LogP contribution in [0.2, 0.25) is 0 Å². The van der Waals surface area contributed by atoms with Gasteiger partial charge in [0.1, 0.15) is 5.82 Å². The molecule has 1 aromatic carbocycles. The lowest BCUT2D eigenvalue weighted by molar-refractivity contribution is -0.141. The highest BCUT2D eigenvalue weighted by Gasteiger charge is 2.20. The van der Waals surface area contributed by atoms with Crippen LogP contribution in [0.5, 0.6) is 0 Å². The van der Waals surface area contributed by atoms with Gasteiger partial charge in [0.25, 0.3) is 0 Å². The number of halogens is 1. The Morgan fingerprint density at radius 3 is 2.27 bits per heavy atom. The molecule has 146 valence electrons. The van der Waals surface area contributed by atoms with Crippen LogP contribution in [-0.2, 0) is 14.3 Å². The summed E-state index contributed by atoms with van der Waals surface area (Å²) in [7, 11) is 1.36. The summed E-state index contributed by atoms with van der Waals surface area (Å²) in [6, 6.07) is 6.01. The van der Waals surface area contributed by atoms with Gasteiger partial charge in [0.05, 0.1) is 26.1 Å². The molecule has 0 fully saturated rings. The van der Waals surface area contributed by atoms with Gasteiger partial charge in [-0.3, -0.25) is 14.5 Å². The third-order valence-corrected chi connectivity index (χ3v) is 4.06. The van der Waals surface area contributed by atoms with E-state index in [4.69, 9.17) is 0 Å². The van der Waals surface area contributed by atoms with Crippen LogP contribution in [0.15, 0.2) is 24.3 Å². The van der Waals surface area contributed by atoms with E-state index < -0.39 is 0 Å². The lowest BCUT2D eigenvalue weighted by atomic mass is 9.96. The average molecular weight is 366 g/mol. The van der Waals surface area contributed by atoms with Crippen LogP contribution < -0.4 is 5.32 Å². The molecule has 0 aliphatic carbocycles. The van der Waals surface area contributed by atoms with Crippen LogP contribution in [0.1, 0.15) is 45.7 Å². The minimum atomic E-state index is -0.298. The molecular weight excluding hydrogens is 335 g/mol. The Hall–Kier alpha value is -1.95. The van der Waals surface area contributed by atoms with E-state index in [1.165, 1.54) is 19.2 Å². The molecule has 1 amide bonds.